The Morgan fingerprint density at radius 1 is 1.20 bits per heavy atom. The highest BCUT2D eigenvalue weighted by Gasteiger charge is 2.17. The van der Waals surface area contributed by atoms with Gasteiger partial charge in [0.1, 0.15) is 5.69 Å². The lowest BCUT2D eigenvalue weighted by Gasteiger charge is -2.33. The van der Waals surface area contributed by atoms with Crippen LogP contribution in [0.25, 0.3) is 0 Å². The summed E-state index contributed by atoms with van der Waals surface area (Å²) >= 11 is 5.93. The number of nitrogens with one attached hydrogen (secondary N) is 1. The molecular weight excluding hydrogens is 340 g/mol. The van der Waals surface area contributed by atoms with E-state index in [1.54, 1.807) is 35.4 Å². The van der Waals surface area contributed by atoms with E-state index in [0.717, 1.165) is 30.8 Å². The van der Waals surface area contributed by atoms with E-state index < -0.39 is 0 Å². The number of hydrogen-bond acceptors (Lipinski definition) is 4. The van der Waals surface area contributed by atoms with Crippen LogP contribution < -0.4 is 10.2 Å². The molecule has 3 rings (SSSR count). The molecule has 1 saturated heterocycles. The second kappa shape index (κ2) is 7.53. The minimum absolute atomic E-state index is 0.261. The monoisotopic (exact) mass is 358 g/mol. The number of benzene rings is 1. The lowest BCUT2D eigenvalue weighted by atomic mass is 10.2. The summed E-state index contributed by atoms with van der Waals surface area (Å²) in [6.07, 6.45) is 2.57. The molecule has 7 heteroatoms. The van der Waals surface area contributed by atoms with E-state index in [1.807, 2.05) is 13.0 Å². The molecule has 0 radical (unpaired) electrons. The van der Waals surface area contributed by atoms with Crippen molar-refractivity contribution < 1.29 is 9.59 Å². The Morgan fingerprint density at radius 3 is 2.56 bits per heavy atom. The van der Waals surface area contributed by atoms with E-state index in [9.17, 15) is 9.59 Å². The van der Waals surface area contributed by atoms with Crippen LogP contribution in [-0.2, 0) is 4.79 Å². The SMILES string of the molecule is Cc1cc(Cl)ccc1NC(=O)c1ccc(N2CCN(C=O)CC2)cn1. The van der Waals surface area contributed by atoms with Crippen molar-refractivity contribution >= 4 is 35.3 Å². The summed E-state index contributed by atoms with van der Waals surface area (Å²) in [5.41, 5.74) is 2.91. The summed E-state index contributed by atoms with van der Waals surface area (Å²) in [6, 6.07) is 8.90. The molecule has 130 valence electrons. The molecule has 1 aromatic heterocycles. The molecule has 2 aromatic rings. The molecular formula is C18H19ClN4O2. The molecule has 0 aliphatic carbocycles. The molecule has 0 unspecified atom stereocenters. The third-order valence-corrected chi connectivity index (χ3v) is 4.48. The fourth-order valence-corrected chi connectivity index (χ4v) is 2.97. The zero-order valence-corrected chi connectivity index (χ0v) is 14.7. The number of nitrogens with zero attached hydrogens (tertiary/aromatic N) is 3. The van der Waals surface area contributed by atoms with Gasteiger partial charge in [-0.2, -0.15) is 0 Å². The van der Waals surface area contributed by atoms with Crippen LogP contribution in [0, 0.1) is 6.92 Å². The van der Waals surface area contributed by atoms with Crippen LogP contribution in [0.5, 0.6) is 0 Å². The van der Waals surface area contributed by atoms with Gasteiger partial charge in [-0.1, -0.05) is 11.6 Å². The summed E-state index contributed by atoms with van der Waals surface area (Å²) in [5, 5.41) is 3.48. The quantitative estimate of drug-likeness (QED) is 0.853. The number of aryl methyl sites for hydroxylation is 1. The average Bonchev–Trinajstić information content (AvgIpc) is 2.64. The van der Waals surface area contributed by atoms with Crippen molar-refractivity contribution in [2.24, 2.45) is 0 Å². The van der Waals surface area contributed by atoms with Crippen LogP contribution in [-0.4, -0.2) is 48.4 Å². The first-order chi connectivity index (χ1) is 12.1. The number of rotatable bonds is 4. The van der Waals surface area contributed by atoms with Gasteiger partial charge in [0, 0.05) is 36.9 Å². The van der Waals surface area contributed by atoms with Gasteiger partial charge >= 0.3 is 0 Å². The Hall–Kier alpha value is -2.60. The predicted molar refractivity (Wildman–Crippen MR) is 98.2 cm³/mol. The summed E-state index contributed by atoms with van der Waals surface area (Å²) in [4.78, 5) is 31.3. The van der Waals surface area contributed by atoms with E-state index >= 15 is 0 Å². The Labute approximate surface area is 151 Å². The molecule has 1 aliphatic heterocycles. The molecule has 0 spiro atoms. The van der Waals surface area contributed by atoms with Gasteiger partial charge in [0.2, 0.25) is 6.41 Å². The average molecular weight is 359 g/mol. The summed E-state index contributed by atoms with van der Waals surface area (Å²) < 4.78 is 0. The number of carbonyl (C=O) groups is 2. The van der Waals surface area contributed by atoms with E-state index in [0.29, 0.717) is 29.5 Å². The van der Waals surface area contributed by atoms with Gasteiger partial charge in [-0.3, -0.25) is 9.59 Å². The minimum atomic E-state index is -0.261. The van der Waals surface area contributed by atoms with Gasteiger partial charge in [0.25, 0.3) is 5.91 Å². The molecule has 1 aliphatic rings. The maximum absolute atomic E-state index is 12.4. The molecule has 2 amide bonds. The number of halogens is 1. The van der Waals surface area contributed by atoms with Gasteiger partial charge < -0.3 is 15.1 Å². The zero-order chi connectivity index (χ0) is 17.8. The molecule has 1 N–H and O–H groups in total. The van der Waals surface area contributed by atoms with E-state index in [-0.39, 0.29) is 5.91 Å². The zero-order valence-electron chi connectivity index (χ0n) is 13.9. The van der Waals surface area contributed by atoms with Crippen LogP contribution in [0.4, 0.5) is 11.4 Å². The molecule has 0 atom stereocenters. The maximum Gasteiger partial charge on any atom is 0.274 e. The first-order valence-corrected chi connectivity index (χ1v) is 8.42. The first kappa shape index (κ1) is 17.2. The Balaban J connectivity index is 1.65. The largest absolute Gasteiger partial charge is 0.367 e. The highest BCUT2D eigenvalue weighted by molar-refractivity contribution is 6.30. The van der Waals surface area contributed by atoms with Crippen molar-refractivity contribution in [3.8, 4) is 0 Å². The maximum atomic E-state index is 12.4. The Bertz CT molecular complexity index is 771. The van der Waals surface area contributed by atoms with Gasteiger partial charge in [0.05, 0.1) is 11.9 Å². The third kappa shape index (κ3) is 4.09. The van der Waals surface area contributed by atoms with Crippen molar-refractivity contribution in [2.45, 2.75) is 6.92 Å². The number of piperazine rings is 1. The van der Waals surface area contributed by atoms with Gasteiger partial charge in [-0.15, -0.1) is 0 Å². The topological polar surface area (TPSA) is 65.5 Å². The number of carbonyl (C=O) groups excluding carboxylic acids is 2. The van der Waals surface area contributed by atoms with E-state index in [4.69, 9.17) is 11.6 Å². The first-order valence-electron chi connectivity index (χ1n) is 8.04. The number of amides is 2. The summed E-state index contributed by atoms with van der Waals surface area (Å²) in [6.45, 7) is 4.80. The number of pyridine rings is 1. The lowest BCUT2D eigenvalue weighted by Crippen LogP contribution is -2.45. The van der Waals surface area contributed by atoms with E-state index in [2.05, 4.69) is 15.2 Å². The van der Waals surface area contributed by atoms with Crippen molar-refractivity contribution in [1.82, 2.24) is 9.88 Å². The number of anilines is 2. The molecule has 2 heterocycles. The molecule has 0 saturated carbocycles. The van der Waals surface area contributed by atoms with Gasteiger partial charge in [-0.25, -0.2) is 4.98 Å². The summed E-state index contributed by atoms with van der Waals surface area (Å²) in [5.74, 6) is -0.261. The molecule has 1 fully saturated rings. The molecule has 6 nitrogen and oxygen atoms in total. The normalized spacial score (nSPS) is 14.3. The Morgan fingerprint density at radius 2 is 1.96 bits per heavy atom. The van der Waals surface area contributed by atoms with Crippen LogP contribution in [0.3, 0.4) is 0 Å². The van der Waals surface area contributed by atoms with Crippen LogP contribution in [0.15, 0.2) is 36.5 Å². The fourth-order valence-electron chi connectivity index (χ4n) is 2.75. The molecule has 25 heavy (non-hydrogen) atoms. The number of aromatic nitrogens is 1. The third-order valence-electron chi connectivity index (χ3n) is 4.25. The standard InChI is InChI=1S/C18H19ClN4O2/c1-13-10-14(19)2-4-16(13)21-18(25)17-5-3-15(11-20-17)23-8-6-22(12-24)7-9-23/h2-5,10-12H,6-9H2,1H3,(H,21,25). The Kier molecular flexibility index (Phi) is 5.19. The second-order valence-electron chi connectivity index (χ2n) is 5.94. The highest BCUT2D eigenvalue weighted by Crippen LogP contribution is 2.21. The summed E-state index contributed by atoms with van der Waals surface area (Å²) in [7, 11) is 0. The lowest BCUT2D eigenvalue weighted by molar-refractivity contribution is -0.118. The minimum Gasteiger partial charge on any atom is -0.367 e. The van der Waals surface area contributed by atoms with Crippen molar-refractivity contribution in [1.29, 1.82) is 0 Å². The van der Waals surface area contributed by atoms with E-state index in [1.165, 1.54) is 0 Å². The highest BCUT2D eigenvalue weighted by atomic mass is 35.5. The van der Waals surface area contributed by atoms with Crippen molar-refractivity contribution in [3.63, 3.8) is 0 Å². The molecule has 0 bridgehead atoms. The van der Waals surface area contributed by atoms with Crippen LogP contribution in [0.1, 0.15) is 16.1 Å². The van der Waals surface area contributed by atoms with Crippen LogP contribution in [0.2, 0.25) is 5.02 Å². The predicted octanol–water partition coefficient (Wildman–Crippen LogP) is 2.57. The van der Waals surface area contributed by atoms with Crippen molar-refractivity contribution in [3.05, 3.63) is 52.8 Å². The van der Waals surface area contributed by atoms with Gasteiger partial charge in [0.15, 0.2) is 0 Å². The molecule has 1 aromatic carbocycles. The number of hydrogen-bond donors (Lipinski definition) is 1. The van der Waals surface area contributed by atoms with Crippen molar-refractivity contribution in [2.75, 3.05) is 36.4 Å². The fraction of sp³-hybridized carbons (Fsp3) is 0.278. The van der Waals surface area contributed by atoms with Crippen LogP contribution >= 0.6 is 11.6 Å². The second-order valence-corrected chi connectivity index (χ2v) is 6.38. The van der Waals surface area contributed by atoms with Gasteiger partial charge in [-0.05, 0) is 42.8 Å². The smallest absolute Gasteiger partial charge is 0.274 e.